The van der Waals surface area contributed by atoms with E-state index in [2.05, 4.69) is 4.98 Å². The van der Waals surface area contributed by atoms with Gasteiger partial charge in [-0.25, -0.2) is 9.37 Å². The van der Waals surface area contributed by atoms with Crippen LogP contribution < -0.4 is 5.73 Å². The van der Waals surface area contributed by atoms with Crippen LogP contribution in [0.5, 0.6) is 0 Å². The number of benzene rings is 1. The maximum Gasteiger partial charge on any atom is 0.133 e. The summed E-state index contributed by atoms with van der Waals surface area (Å²) in [7, 11) is 0. The highest BCUT2D eigenvalue weighted by molar-refractivity contribution is 7.15. The molecule has 2 N–H and O–H groups in total. The summed E-state index contributed by atoms with van der Waals surface area (Å²) in [6, 6.07) is 5.01. The molecule has 0 saturated carbocycles. The topological polar surface area (TPSA) is 38.9 Å². The minimum atomic E-state index is -0.237. The lowest BCUT2D eigenvalue weighted by molar-refractivity contribution is 0.631. The zero-order valence-corrected chi connectivity index (χ0v) is 9.14. The standard InChI is InChI=1S/C11H11FN2S/c1-7-2-3-10(12)9(4-7)11-14-6-8(5-13)15-11/h2-4,6H,5,13H2,1H3. The molecule has 2 nitrogen and oxygen atoms in total. The Hall–Kier alpha value is -1.26. The number of aromatic nitrogens is 1. The third-order valence-electron chi connectivity index (χ3n) is 2.11. The fourth-order valence-corrected chi connectivity index (χ4v) is 2.14. The van der Waals surface area contributed by atoms with Crippen LogP contribution in [-0.4, -0.2) is 4.98 Å². The summed E-state index contributed by atoms with van der Waals surface area (Å²) in [5.74, 6) is -0.237. The number of rotatable bonds is 2. The highest BCUT2D eigenvalue weighted by Crippen LogP contribution is 2.27. The zero-order chi connectivity index (χ0) is 10.8. The summed E-state index contributed by atoms with van der Waals surface area (Å²) in [6.45, 7) is 2.38. The van der Waals surface area contributed by atoms with E-state index in [4.69, 9.17) is 5.73 Å². The number of halogens is 1. The molecule has 0 saturated heterocycles. The molecule has 2 aromatic rings. The van der Waals surface area contributed by atoms with Gasteiger partial charge >= 0.3 is 0 Å². The van der Waals surface area contributed by atoms with Crippen LogP contribution in [-0.2, 0) is 6.54 Å². The molecule has 78 valence electrons. The molecule has 0 fully saturated rings. The molecule has 1 heterocycles. The Balaban J connectivity index is 2.48. The summed E-state index contributed by atoms with van der Waals surface area (Å²) in [5, 5.41) is 0.691. The Morgan fingerprint density at radius 3 is 2.93 bits per heavy atom. The van der Waals surface area contributed by atoms with Crippen LogP contribution in [0, 0.1) is 12.7 Å². The molecule has 0 aliphatic rings. The van der Waals surface area contributed by atoms with Gasteiger partial charge in [-0.3, -0.25) is 0 Å². The van der Waals surface area contributed by atoms with Gasteiger partial charge < -0.3 is 5.73 Å². The molecule has 0 aliphatic heterocycles. The molecular formula is C11H11FN2S. The van der Waals surface area contributed by atoms with E-state index in [-0.39, 0.29) is 5.82 Å². The van der Waals surface area contributed by atoms with E-state index >= 15 is 0 Å². The quantitative estimate of drug-likeness (QED) is 0.848. The van der Waals surface area contributed by atoms with Crippen LogP contribution in [0.1, 0.15) is 10.4 Å². The summed E-state index contributed by atoms with van der Waals surface area (Å²) < 4.78 is 13.5. The second-order valence-corrected chi connectivity index (χ2v) is 4.43. The Bertz CT molecular complexity index is 479. The first-order valence-corrected chi connectivity index (χ1v) is 5.43. The molecule has 0 bridgehead atoms. The molecule has 0 aliphatic carbocycles. The number of nitrogens with two attached hydrogens (primary N) is 1. The van der Waals surface area contributed by atoms with Gasteiger partial charge in [0, 0.05) is 23.2 Å². The van der Waals surface area contributed by atoms with Crippen LogP contribution in [0.2, 0.25) is 0 Å². The van der Waals surface area contributed by atoms with Crippen LogP contribution in [0.15, 0.2) is 24.4 Å². The lowest BCUT2D eigenvalue weighted by Crippen LogP contribution is -1.91. The number of hydrogen-bond donors (Lipinski definition) is 1. The van der Waals surface area contributed by atoms with Gasteiger partial charge in [0.1, 0.15) is 10.8 Å². The molecule has 0 radical (unpaired) electrons. The third kappa shape index (κ3) is 2.06. The van der Waals surface area contributed by atoms with Crippen molar-refractivity contribution in [2.75, 3.05) is 0 Å². The summed E-state index contributed by atoms with van der Waals surface area (Å²) >= 11 is 1.43. The normalized spacial score (nSPS) is 10.6. The van der Waals surface area contributed by atoms with Crippen molar-refractivity contribution in [3.63, 3.8) is 0 Å². The Morgan fingerprint density at radius 1 is 1.47 bits per heavy atom. The van der Waals surface area contributed by atoms with Gasteiger partial charge in [0.05, 0.1) is 0 Å². The first-order valence-electron chi connectivity index (χ1n) is 4.62. The number of aryl methyl sites for hydroxylation is 1. The molecule has 0 unspecified atom stereocenters. The zero-order valence-electron chi connectivity index (χ0n) is 8.33. The maximum atomic E-state index is 13.5. The van der Waals surface area contributed by atoms with Gasteiger partial charge in [-0.1, -0.05) is 11.6 Å². The number of hydrogen-bond acceptors (Lipinski definition) is 3. The van der Waals surface area contributed by atoms with Crippen LogP contribution in [0.25, 0.3) is 10.6 Å². The van der Waals surface area contributed by atoms with Crippen molar-refractivity contribution in [1.29, 1.82) is 0 Å². The third-order valence-corrected chi connectivity index (χ3v) is 3.16. The maximum absolute atomic E-state index is 13.5. The van der Waals surface area contributed by atoms with E-state index in [0.717, 1.165) is 10.4 Å². The lowest BCUT2D eigenvalue weighted by atomic mass is 10.1. The van der Waals surface area contributed by atoms with Crippen LogP contribution >= 0.6 is 11.3 Å². The first kappa shape index (κ1) is 10.3. The van der Waals surface area contributed by atoms with Crippen molar-refractivity contribution < 1.29 is 4.39 Å². The largest absolute Gasteiger partial charge is 0.326 e. The lowest BCUT2D eigenvalue weighted by Gasteiger charge is -2.00. The highest BCUT2D eigenvalue weighted by Gasteiger charge is 2.09. The van der Waals surface area contributed by atoms with Gasteiger partial charge in [0.25, 0.3) is 0 Å². The monoisotopic (exact) mass is 222 g/mol. The molecule has 1 aromatic carbocycles. The fraction of sp³-hybridized carbons (Fsp3) is 0.182. The van der Waals surface area contributed by atoms with Gasteiger partial charge in [-0.2, -0.15) is 0 Å². The van der Waals surface area contributed by atoms with E-state index in [1.54, 1.807) is 18.3 Å². The van der Waals surface area contributed by atoms with E-state index in [9.17, 15) is 4.39 Å². The Morgan fingerprint density at radius 2 is 2.27 bits per heavy atom. The van der Waals surface area contributed by atoms with Crippen molar-refractivity contribution in [1.82, 2.24) is 4.98 Å². The smallest absolute Gasteiger partial charge is 0.133 e. The fourth-order valence-electron chi connectivity index (χ4n) is 1.33. The average Bonchev–Trinajstić information content (AvgIpc) is 2.70. The second-order valence-electron chi connectivity index (χ2n) is 3.32. The van der Waals surface area contributed by atoms with Crippen molar-refractivity contribution >= 4 is 11.3 Å². The summed E-state index contributed by atoms with van der Waals surface area (Å²) in [6.07, 6.45) is 1.70. The van der Waals surface area contributed by atoms with Crippen LogP contribution in [0.4, 0.5) is 4.39 Å². The molecule has 2 rings (SSSR count). The molecular weight excluding hydrogens is 211 g/mol. The highest BCUT2D eigenvalue weighted by atomic mass is 32.1. The molecule has 4 heteroatoms. The van der Waals surface area contributed by atoms with E-state index in [1.165, 1.54) is 17.4 Å². The van der Waals surface area contributed by atoms with Crippen LogP contribution in [0.3, 0.4) is 0 Å². The number of nitrogens with zero attached hydrogens (tertiary/aromatic N) is 1. The van der Waals surface area contributed by atoms with Gasteiger partial charge in [0.2, 0.25) is 0 Å². The van der Waals surface area contributed by atoms with E-state index in [0.29, 0.717) is 17.1 Å². The van der Waals surface area contributed by atoms with Gasteiger partial charge in [-0.15, -0.1) is 11.3 Å². The van der Waals surface area contributed by atoms with E-state index in [1.807, 2.05) is 6.92 Å². The molecule has 1 aromatic heterocycles. The predicted octanol–water partition coefficient (Wildman–Crippen LogP) is 2.72. The predicted molar refractivity (Wildman–Crippen MR) is 60.1 cm³/mol. The SMILES string of the molecule is Cc1ccc(F)c(-c2ncc(CN)s2)c1. The van der Waals surface area contributed by atoms with E-state index < -0.39 is 0 Å². The Kier molecular flexibility index (Phi) is 2.79. The summed E-state index contributed by atoms with van der Waals surface area (Å²) in [5.41, 5.74) is 7.07. The molecule has 0 atom stereocenters. The molecule has 15 heavy (non-hydrogen) atoms. The Labute approximate surface area is 91.6 Å². The molecule has 0 spiro atoms. The molecule has 0 amide bonds. The number of thiazole rings is 1. The van der Waals surface area contributed by atoms with Crippen molar-refractivity contribution in [3.8, 4) is 10.6 Å². The van der Waals surface area contributed by atoms with Crippen molar-refractivity contribution in [3.05, 3.63) is 40.7 Å². The average molecular weight is 222 g/mol. The summed E-state index contributed by atoms with van der Waals surface area (Å²) in [4.78, 5) is 5.12. The first-order chi connectivity index (χ1) is 7.20. The van der Waals surface area contributed by atoms with Crippen molar-refractivity contribution in [2.24, 2.45) is 5.73 Å². The minimum Gasteiger partial charge on any atom is -0.326 e. The second kappa shape index (κ2) is 4.08. The minimum absolute atomic E-state index is 0.237. The van der Waals surface area contributed by atoms with Gasteiger partial charge in [0.15, 0.2) is 0 Å². The van der Waals surface area contributed by atoms with Gasteiger partial charge in [-0.05, 0) is 19.1 Å². The van der Waals surface area contributed by atoms with Crippen molar-refractivity contribution in [2.45, 2.75) is 13.5 Å².